The van der Waals surface area contributed by atoms with E-state index in [0.29, 0.717) is 5.56 Å². The predicted octanol–water partition coefficient (Wildman–Crippen LogP) is 4.64. The van der Waals surface area contributed by atoms with Crippen LogP contribution in [0.4, 0.5) is 0 Å². The third-order valence-electron chi connectivity index (χ3n) is 4.36. The highest BCUT2D eigenvalue weighted by Gasteiger charge is 2.23. The van der Waals surface area contributed by atoms with Crippen LogP contribution >= 0.6 is 0 Å². The van der Waals surface area contributed by atoms with Crippen LogP contribution in [0.1, 0.15) is 30.3 Å². The number of aromatic nitrogens is 1. The zero-order valence-corrected chi connectivity index (χ0v) is 15.1. The molecule has 0 saturated heterocycles. The number of hydrogen-bond donors (Lipinski definition) is 1. The second-order valence-electron chi connectivity index (χ2n) is 6.21. The summed E-state index contributed by atoms with van der Waals surface area (Å²) >= 11 is 0. The monoisotopic (exact) mass is 359 g/mol. The molecule has 4 nitrogen and oxygen atoms in total. The fourth-order valence-electron chi connectivity index (χ4n) is 2.88. The van der Waals surface area contributed by atoms with Gasteiger partial charge in [-0.1, -0.05) is 67.2 Å². The number of carbonyl (C=O) groups excluding carboxylic acids is 1. The smallest absolute Gasteiger partial charge is 0.337 e. The predicted molar refractivity (Wildman–Crippen MR) is 105 cm³/mol. The zero-order chi connectivity index (χ0) is 19.2. The standard InChI is InChI=1S/C23H21NO3/c1-16(22(25)19-11-8-14-24-15-19)23(26)27-17(2)20-12-6-7-13-21(20)18-9-4-3-5-10-18/h3-15,17,22,25H,1H2,2H3. The van der Waals surface area contributed by atoms with E-state index < -0.39 is 18.2 Å². The van der Waals surface area contributed by atoms with Crippen molar-refractivity contribution < 1.29 is 14.6 Å². The van der Waals surface area contributed by atoms with Gasteiger partial charge < -0.3 is 9.84 Å². The molecule has 0 aliphatic heterocycles. The van der Waals surface area contributed by atoms with Gasteiger partial charge >= 0.3 is 5.97 Å². The van der Waals surface area contributed by atoms with Crippen LogP contribution in [0.5, 0.6) is 0 Å². The first kappa shape index (κ1) is 18.5. The Kier molecular flexibility index (Phi) is 5.79. The molecular weight excluding hydrogens is 338 g/mol. The van der Waals surface area contributed by atoms with Gasteiger partial charge in [0.05, 0.1) is 5.57 Å². The van der Waals surface area contributed by atoms with Crippen LogP contribution in [0.25, 0.3) is 11.1 Å². The van der Waals surface area contributed by atoms with E-state index in [2.05, 4.69) is 11.6 Å². The van der Waals surface area contributed by atoms with Crippen LogP contribution in [-0.2, 0) is 9.53 Å². The number of carbonyl (C=O) groups is 1. The van der Waals surface area contributed by atoms with Crippen molar-refractivity contribution in [1.82, 2.24) is 4.98 Å². The first-order valence-corrected chi connectivity index (χ1v) is 8.70. The molecule has 2 atom stereocenters. The van der Waals surface area contributed by atoms with Gasteiger partial charge in [-0.25, -0.2) is 4.79 Å². The summed E-state index contributed by atoms with van der Waals surface area (Å²) in [5.41, 5.74) is 3.41. The number of aliphatic hydroxyl groups is 1. The maximum absolute atomic E-state index is 12.5. The van der Waals surface area contributed by atoms with Crippen LogP contribution < -0.4 is 0 Å². The minimum atomic E-state index is -1.15. The Morgan fingerprint density at radius 2 is 1.74 bits per heavy atom. The van der Waals surface area contributed by atoms with Gasteiger partial charge in [0.15, 0.2) is 0 Å². The van der Waals surface area contributed by atoms with Crippen LogP contribution in [0.15, 0.2) is 91.3 Å². The average Bonchev–Trinajstić information content (AvgIpc) is 2.73. The Hall–Kier alpha value is -3.24. The molecule has 3 rings (SSSR count). The number of rotatable bonds is 6. The van der Waals surface area contributed by atoms with E-state index >= 15 is 0 Å². The molecule has 1 heterocycles. The molecule has 0 saturated carbocycles. The minimum absolute atomic E-state index is 0.0213. The van der Waals surface area contributed by atoms with Crippen molar-refractivity contribution in [3.05, 3.63) is 102 Å². The number of pyridine rings is 1. The maximum Gasteiger partial charge on any atom is 0.337 e. The maximum atomic E-state index is 12.5. The third kappa shape index (κ3) is 4.30. The van der Waals surface area contributed by atoms with Crippen molar-refractivity contribution in [2.24, 2.45) is 0 Å². The number of ether oxygens (including phenoxy) is 1. The van der Waals surface area contributed by atoms with Gasteiger partial charge in [-0.2, -0.15) is 0 Å². The molecule has 4 heteroatoms. The molecule has 0 fully saturated rings. The lowest BCUT2D eigenvalue weighted by Gasteiger charge is -2.20. The van der Waals surface area contributed by atoms with E-state index in [1.807, 2.05) is 61.5 Å². The molecule has 2 unspecified atom stereocenters. The second-order valence-corrected chi connectivity index (χ2v) is 6.21. The Balaban J connectivity index is 1.77. The van der Waals surface area contributed by atoms with E-state index in [1.165, 1.54) is 6.20 Å². The molecule has 0 aliphatic carbocycles. The van der Waals surface area contributed by atoms with Crippen LogP contribution in [0.2, 0.25) is 0 Å². The van der Waals surface area contributed by atoms with Crippen LogP contribution in [0, 0.1) is 0 Å². The van der Waals surface area contributed by atoms with Gasteiger partial charge in [-0.3, -0.25) is 4.98 Å². The Labute approximate surface area is 158 Å². The summed E-state index contributed by atoms with van der Waals surface area (Å²) in [6, 6.07) is 21.1. The summed E-state index contributed by atoms with van der Waals surface area (Å²) in [6.07, 6.45) is 1.45. The summed E-state index contributed by atoms with van der Waals surface area (Å²) in [6.45, 7) is 5.51. The zero-order valence-electron chi connectivity index (χ0n) is 15.1. The summed E-state index contributed by atoms with van der Waals surface area (Å²) in [5.74, 6) is -0.637. The minimum Gasteiger partial charge on any atom is -0.454 e. The topological polar surface area (TPSA) is 59.4 Å². The first-order valence-electron chi connectivity index (χ1n) is 8.70. The largest absolute Gasteiger partial charge is 0.454 e. The molecule has 0 spiro atoms. The molecule has 0 radical (unpaired) electrons. The van der Waals surface area contributed by atoms with Crippen molar-refractivity contribution >= 4 is 5.97 Å². The Bertz CT molecular complexity index is 923. The highest BCUT2D eigenvalue weighted by molar-refractivity contribution is 5.89. The van der Waals surface area contributed by atoms with Crippen LogP contribution in [-0.4, -0.2) is 16.1 Å². The first-order chi connectivity index (χ1) is 13.1. The molecule has 0 aliphatic rings. The molecule has 3 aromatic rings. The number of nitrogens with zero attached hydrogens (tertiary/aromatic N) is 1. The van der Waals surface area contributed by atoms with Gasteiger partial charge in [0, 0.05) is 18.0 Å². The van der Waals surface area contributed by atoms with Crippen LogP contribution in [0.3, 0.4) is 0 Å². The van der Waals surface area contributed by atoms with Crippen molar-refractivity contribution in [2.75, 3.05) is 0 Å². The lowest BCUT2D eigenvalue weighted by atomic mass is 9.96. The van der Waals surface area contributed by atoms with Gasteiger partial charge in [0.25, 0.3) is 0 Å². The number of esters is 1. The van der Waals surface area contributed by atoms with E-state index in [1.54, 1.807) is 18.3 Å². The van der Waals surface area contributed by atoms with E-state index in [9.17, 15) is 9.90 Å². The Morgan fingerprint density at radius 1 is 1.04 bits per heavy atom. The molecule has 0 bridgehead atoms. The van der Waals surface area contributed by atoms with Gasteiger partial charge in [-0.05, 0) is 29.7 Å². The fourth-order valence-corrected chi connectivity index (χ4v) is 2.88. The molecule has 2 aromatic carbocycles. The summed E-state index contributed by atoms with van der Waals surface area (Å²) in [5, 5.41) is 10.3. The number of hydrogen-bond acceptors (Lipinski definition) is 4. The molecule has 1 aromatic heterocycles. The van der Waals surface area contributed by atoms with E-state index in [4.69, 9.17) is 4.74 Å². The molecular formula is C23H21NO3. The highest BCUT2D eigenvalue weighted by atomic mass is 16.5. The lowest BCUT2D eigenvalue weighted by Crippen LogP contribution is -2.16. The molecule has 1 N–H and O–H groups in total. The second kappa shape index (κ2) is 8.43. The number of aliphatic hydroxyl groups excluding tert-OH is 1. The van der Waals surface area contributed by atoms with Crippen molar-refractivity contribution in [3.63, 3.8) is 0 Å². The quantitative estimate of drug-likeness (QED) is 0.514. The Morgan fingerprint density at radius 3 is 2.44 bits per heavy atom. The van der Waals surface area contributed by atoms with E-state index in [0.717, 1.165) is 16.7 Å². The van der Waals surface area contributed by atoms with Crippen molar-refractivity contribution in [3.8, 4) is 11.1 Å². The average molecular weight is 359 g/mol. The molecule has 136 valence electrons. The fraction of sp³-hybridized carbons (Fsp3) is 0.130. The summed E-state index contributed by atoms with van der Waals surface area (Å²) in [4.78, 5) is 16.4. The van der Waals surface area contributed by atoms with Gasteiger partial charge in [0.1, 0.15) is 12.2 Å². The third-order valence-corrected chi connectivity index (χ3v) is 4.36. The lowest BCUT2D eigenvalue weighted by molar-refractivity contribution is -0.145. The molecule has 27 heavy (non-hydrogen) atoms. The van der Waals surface area contributed by atoms with Gasteiger partial charge in [-0.15, -0.1) is 0 Å². The SMILES string of the molecule is C=C(C(=O)OC(C)c1ccccc1-c1ccccc1)C(O)c1cccnc1. The highest BCUT2D eigenvalue weighted by Crippen LogP contribution is 2.31. The summed E-state index contributed by atoms with van der Waals surface area (Å²) in [7, 11) is 0. The normalized spacial score (nSPS) is 12.8. The summed E-state index contributed by atoms with van der Waals surface area (Å²) < 4.78 is 5.58. The van der Waals surface area contributed by atoms with Crippen molar-refractivity contribution in [1.29, 1.82) is 0 Å². The number of benzene rings is 2. The van der Waals surface area contributed by atoms with Gasteiger partial charge in [0.2, 0.25) is 0 Å². The molecule has 0 amide bonds. The van der Waals surface area contributed by atoms with Crippen molar-refractivity contribution in [2.45, 2.75) is 19.1 Å². The van der Waals surface area contributed by atoms with E-state index in [-0.39, 0.29) is 5.57 Å².